The third-order valence-electron chi connectivity index (χ3n) is 3.73. The lowest BCUT2D eigenvalue weighted by atomic mass is 9.90. The molecular formula is C17H20O4. The zero-order chi connectivity index (χ0) is 15.4. The van der Waals surface area contributed by atoms with Gasteiger partial charge in [0.25, 0.3) is 0 Å². The van der Waals surface area contributed by atoms with Crippen molar-refractivity contribution >= 4 is 11.9 Å². The first-order valence-corrected chi connectivity index (χ1v) is 7.08. The molecule has 0 aliphatic carbocycles. The fourth-order valence-corrected chi connectivity index (χ4v) is 2.84. The van der Waals surface area contributed by atoms with Crippen LogP contribution in [0.3, 0.4) is 0 Å². The third kappa shape index (κ3) is 2.28. The predicted molar refractivity (Wildman–Crippen MR) is 80.4 cm³/mol. The van der Waals surface area contributed by atoms with Gasteiger partial charge >= 0.3 is 0 Å². The first-order valence-electron chi connectivity index (χ1n) is 7.08. The molecule has 0 fully saturated rings. The van der Waals surface area contributed by atoms with Gasteiger partial charge < -0.3 is 14.2 Å². The maximum Gasteiger partial charge on any atom is 0.174 e. The highest BCUT2D eigenvalue weighted by Crippen LogP contribution is 2.47. The molecule has 0 radical (unpaired) electrons. The van der Waals surface area contributed by atoms with Gasteiger partial charge in [-0.15, -0.1) is 0 Å². The molecule has 1 aromatic rings. The van der Waals surface area contributed by atoms with Crippen LogP contribution in [0.1, 0.15) is 50.0 Å². The first kappa shape index (κ1) is 14.0. The van der Waals surface area contributed by atoms with Gasteiger partial charge in [-0.25, -0.2) is 0 Å². The molecule has 3 rings (SSSR count). The summed E-state index contributed by atoms with van der Waals surface area (Å²) in [6.45, 7) is 7.78. The molecule has 0 saturated carbocycles. The molecule has 2 aliphatic heterocycles. The largest absolute Gasteiger partial charge is 0.495 e. The number of hydrogen-bond acceptors (Lipinski definition) is 4. The molecule has 0 amide bonds. The van der Waals surface area contributed by atoms with E-state index in [1.165, 1.54) is 0 Å². The fourth-order valence-electron chi connectivity index (χ4n) is 2.84. The number of methoxy groups -OCH3 is 1. The molecule has 21 heavy (non-hydrogen) atoms. The number of ether oxygens (including phenoxy) is 3. The Kier molecular flexibility index (Phi) is 2.84. The summed E-state index contributed by atoms with van der Waals surface area (Å²) < 4.78 is 17.4. The molecule has 0 spiro atoms. The van der Waals surface area contributed by atoms with Crippen molar-refractivity contribution in [3.05, 3.63) is 23.3 Å². The van der Waals surface area contributed by atoms with Gasteiger partial charge in [0.05, 0.1) is 19.1 Å². The van der Waals surface area contributed by atoms with Crippen LogP contribution < -0.4 is 14.2 Å². The van der Waals surface area contributed by atoms with Gasteiger partial charge in [-0.1, -0.05) is 0 Å². The molecular weight excluding hydrogens is 268 g/mol. The van der Waals surface area contributed by atoms with E-state index in [1.54, 1.807) is 13.2 Å². The predicted octanol–water partition coefficient (Wildman–Crippen LogP) is 3.62. The van der Waals surface area contributed by atoms with E-state index in [4.69, 9.17) is 14.2 Å². The quantitative estimate of drug-likeness (QED) is 0.791. The molecule has 1 aromatic carbocycles. The molecule has 0 unspecified atom stereocenters. The summed E-state index contributed by atoms with van der Waals surface area (Å²) in [5.74, 6) is 1.80. The maximum atomic E-state index is 12.5. The zero-order valence-corrected chi connectivity index (χ0v) is 13.1. The average Bonchev–Trinajstić information content (AvgIpc) is 2.33. The van der Waals surface area contributed by atoms with Crippen molar-refractivity contribution in [2.45, 2.75) is 45.3 Å². The van der Waals surface area contributed by atoms with Crippen molar-refractivity contribution in [1.82, 2.24) is 0 Å². The van der Waals surface area contributed by atoms with Crippen molar-refractivity contribution in [3.8, 4) is 17.2 Å². The maximum absolute atomic E-state index is 12.5. The van der Waals surface area contributed by atoms with Crippen LogP contribution in [0.15, 0.2) is 12.1 Å². The Bertz CT molecular complexity index is 653. The lowest BCUT2D eigenvalue weighted by molar-refractivity contribution is 0.0608. The van der Waals surface area contributed by atoms with Crippen LogP contribution in [0.25, 0.3) is 6.08 Å². The summed E-state index contributed by atoms with van der Waals surface area (Å²) in [7, 11) is 1.57. The number of carbonyl (C=O) groups is 1. The Morgan fingerprint density at radius 3 is 2.52 bits per heavy atom. The van der Waals surface area contributed by atoms with E-state index in [-0.39, 0.29) is 11.4 Å². The van der Waals surface area contributed by atoms with E-state index in [2.05, 4.69) is 0 Å². The summed E-state index contributed by atoms with van der Waals surface area (Å²) in [5, 5.41) is 0. The second kappa shape index (κ2) is 4.26. The molecule has 0 atom stereocenters. The molecule has 112 valence electrons. The highest BCUT2D eigenvalue weighted by atomic mass is 16.5. The number of fused-ring (bicyclic) bond motifs is 2. The molecule has 2 heterocycles. The summed E-state index contributed by atoms with van der Waals surface area (Å²) >= 11 is 0. The van der Waals surface area contributed by atoms with Crippen molar-refractivity contribution < 1.29 is 19.0 Å². The topological polar surface area (TPSA) is 44.8 Å². The molecule has 0 bridgehead atoms. The minimum Gasteiger partial charge on any atom is -0.495 e. The third-order valence-corrected chi connectivity index (χ3v) is 3.73. The zero-order valence-electron chi connectivity index (χ0n) is 13.1. The Morgan fingerprint density at radius 1 is 1.14 bits per heavy atom. The van der Waals surface area contributed by atoms with Crippen molar-refractivity contribution in [3.63, 3.8) is 0 Å². The fraction of sp³-hybridized carbons (Fsp3) is 0.471. The molecule has 4 nitrogen and oxygen atoms in total. The lowest BCUT2D eigenvalue weighted by Crippen LogP contribution is -2.36. The SMILES string of the molecule is COc1c2c(cc3c1C(=O)CC(C)(C)O3)OC(C)(C)C=C2. The normalized spacial score (nSPS) is 20.9. The molecule has 0 saturated heterocycles. The summed E-state index contributed by atoms with van der Waals surface area (Å²) in [6, 6.07) is 1.80. The minimum absolute atomic E-state index is 0.0409. The van der Waals surface area contributed by atoms with Gasteiger partial charge in [0.1, 0.15) is 34.0 Å². The van der Waals surface area contributed by atoms with Gasteiger partial charge in [-0.2, -0.15) is 0 Å². The van der Waals surface area contributed by atoms with Crippen LogP contribution in [0.5, 0.6) is 17.2 Å². The van der Waals surface area contributed by atoms with Crippen LogP contribution in [-0.4, -0.2) is 24.1 Å². The van der Waals surface area contributed by atoms with E-state index >= 15 is 0 Å². The molecule has 2 aliphatic rings. The van der Waals surface area contributed by atoms with E-state index in [9.17, 15) is 4.79 Å². The Balaban J connectivity index is 2.23. The van der Waals surface area contributed by atoms with Crippen LogP contribution in [0.2, 0.25) is 0 Å². The molecule has 4 heteroatoms. The lowest BCUT2D eigenvalue weighted by Gasteiger charge is -2.35. The van der Waals surface area contributed by atoms with Crippen molar-refractivity contribution in [2.75, 3.05) is 7.11 Å². The number of ketones is 1. The summed E-state index contributed by atoms with van der Waals surface area (Å²) in [5.41, 5.74) is 0.417. The van der Waals surface area contributed by atoms with Crippen LogP contribution in [-0.2, 0) is 0 Å². The highest BCUT2D eigenvalue weighted by molar-refractivity contribution is 6.04. The van der Waals surface area contributed by atoms with E-state index < -0.39 is 5.60 Å². The molecule has 0 aromatic heterocycles. The van der Waals surface area contributed by atoms with Gasteiger partial charge in [0, 0.05) is 6.07 Å². The minimum atomic E-state index is -0.511. The van der Waals surface area contributed by atoms with Crippen molar-refractivity contribution in [1.29, 1.82) is 0 Å². The summed E-state index contributed by atoms with van der Waals surface area (Å²) in [4.78, 5) is 12.5. The standard InChI is InChI=1S/C17H20O4/c1-16(2)7-6-10-12(20-16)8-13-14(15(10)19-5)11(18)9-17(3,4)21-13/h6-8H,9H2,1-5H3. The van der Waals surface area contributed by atoms with E-state index in [1.807, 2.05) is 39.8 Å². The number of hydrogen-bond donors (Lipinski definition) is 0. The van der Waals surface area contributed by atoms with E-state index in [0.29, 0.717) is 29.2 Å². The first-order chi connectivity index (χ1) is 9.72. The second-order valence-corrected chi connectivity index (χ2v) is 6.70. The highest BCUT2D eigenvalue weighted by Gasteiger charge is 2.37. The number of Topliss-reactive ketones (excluding diaryl/α,β-unsaturated/α-hetero) is 1. The van der Waals surface area contributed by atoms with Gasteiger partial charge in [0.2, 0.25) is 0 Å². The van der Waals surface area contributed by atoms with Crippen LogP contribution in [0.4, 0.5) is 0 Å². The van der Waals surface area contributed by atoms with Gasteiger partial charge in [-0.05, 0) is 39.8 Å². The number of rotatable bonds is 1. The Morgan fingerprint density at radius 2 is 1.86 bits per heavy atom. The number of carbonyl (C=O) groups excluding carboxylic acids is 1. The van der Waals surface area contributed by atoms with Crippen molar-refractivity contribution in [2.24, 2.45) is 0 Å². The molecule has 0 N–H and O–H groups in total. The smallest absolute Gasteiger partial charge is 0.174 e. The number of benzene rings is 1. The Labute approximate surface area is 124 Å². The Hall–Kier alpha value is -1.97. The summed E-state index contributed by atoms with van der Waals surface area (Å²) in [6.07, 6.45) is 4.25. The monoisotopic (exact) mass is 288 g/mol. The van der Waals surface area contributed by atoms with E-state index in [0.717, 1.165) is 5.56 Å². The van der Waals surface area contributed by atoms with Gasteiger partial charge in [-0.3, -0.25) is 4.79 Å². The van der Waals surface area contributed by atoms with Crippen LogP contribution in [0, 0.1) is 0 Å². The average molecular weight is 288 g/mol. The van der Waals surface area contributed by atoms with Crippen LogP contribution >= 0.6 is 0 Å². The second-order valence-electron chi connectivity index (χ2n) is 6.70. The van der Waals surface area contributed by atoms with Gasteiger partial charge in [0.15, 0.2) is 5.78 Å².